The van der Waals surface area contributed by atoms with Gasteiger partial charge in [-0.05, 0) is 54.0 Å². The molecule has 1 aromatic rings. The lowest BCUT2D eigenvalue weighted by Crippen LogP contribution is -2.28. The Morgan fingerprint density at radius 3 is 2.28 bits per heavy atom. The molecule has 0 spiro atoms. The number of nitrogens with zero attached hydrogens (tertiary/aromatic N) is 1. The number of rotatable bonds is 4. The maximum atomic E-state index is 14.5. The topological polar surface area (TPSA) is 60.5 Å². The molecule has 5 nitrogen and oxygen atoms in total. The van der Waals surface area contributed by atoms with Gasteiger partial charge in [0.05, 0.1) is 11.3 Å². The van der Waals surface area contributed by atoms with Gasteiger partial charge in [0, 0.05) is 6.07 Å². The molecule has 0 bridgehead atoms. The van der Waals surface area contributed by atoms with Gasteiger partial charge in [-0.25, -0.2) is 9.78 Å². The highest BCUT2D eigenvalue weighted by molar-refractivity contribution is 6.29. The molecule has 1 amide bonds. The molecule has 0 saturated carbocycles. The smallest absolute Gasteiger partial charge is 0.412 e. The maximum absolute atomic E-state index is 14.5. The van der Waals surface area contributed by atoms with Gasteiger partial charge < -0.3 is 9.47 Å². The van der Waals surface area contributed by atoms with Crippen LogP contribution in [0, 0.1) is 5.95 Å². The van der Waals surface area contributed by atoms with Gasteiger partial charge in [0.1, 0.15) is 22.1 Å². The van der Waals surface area contributed by atoms with E-state index < -0.39 is 23.2 Å². The number of hydrogen-bond acceptors (Lipinski definition) is 4. The van der Waals surface area contributed by atoms with Crippen molar-refractivity contribution in [2.75, 3.05) is 5.32 Å². The standard InChI is InChI=1S/C18H26ClFN2O3/c1-8-9-12(24-17(2,3)4)14-11(10-13(19)22-15(14)20)21-16(23)25-18(5,6)7/h9-10H,8H2,1-7H3,(H,21,22,23)/b12-9-. The highest BCUT2D eigenvalue weighted by Crippen LogP contribution is 2.32. The largest absolute Gasteiger partial charge is 0.488 e. The average molecular weight is 373 g/mol. The van der Waals surface area contributed by atoms with Crippen LogP contribution in [0.25, 0.3) is 5.76 Å². The number of ether oxygens (including phenoxy) is 2. The zero-order valence-corrected chi connectivity index (χ0v) is 16.5. The third kappa shape index (κ3) is 7.30. The summed E-state index contributed by atoms with van der Waals surface area (Å²) in [6, 6.07) is 1.36. The van der Waals surface area contributed by atoms with Gasteiger partial charge in [0.2, 0.25) is 5.95 Å². The number of halogens is 2. The Morgan fingerprint density at radius 2 is 1.80 bits per heavy atom. The Balaban J connectivity index is 3.34. The molecule has 1 aromatic heterocycles. The number of allylic oxidation sites excluding steroid dienone is 1. The van der Waals surface area contributed by atoms with E-state index in [2.05, 4.69) is 10.3 Å². The second kappa shape index (κ2) is 8.04. The van der Waals surface area contributed by atoms with Gasteiger partial charge in [-0.3, -0.25) is 5.32 Å². The van der Waals surface area contributed by atoms with Crippen molar-refractivity contribution in [3.8, 4) is 0 Å². The van der Waals surface area contributed by atoms with E-state index in [0.29, 0.717) is 6.42 Å². The van der Waals surface area contributed by atoms with Crippen LogP contribution in [0.1, 0.15) is 60.5 Å². The van der Waals surface area contributed by atoms with Gasteiger partial charge in [-0.15, -0.1) is 0 Å². The van der Waals surface area contributed by atoms with Crippen LogP contribution in [-0.4, -0.2) is 22.3 Å². The summed E-state index contributed by atoms with van der Waals surface area (Å²) in [6.45, 7) is 12.6. The molecule has 7 heteroatoms. The fourth-order valence-electron chi connectivity index (χ4n) is 1.94. The van der Waals surface area contributed by atoms with Crippen LogP contribution in [0.5, 0.6) is 0 Å². The Morgan fingerprint density at radius 1 is 1.24 bits per heavy atom. The number of carbonyl (C=O) groups is 1. The monoisotopic (exact) mass is 372 g/mol. The first-order chi connectivity index (χ1) is 11.3. The van der Waals surface area contributed by atoms with E-state index in [1.54, 1.807) is 26.8 Å². The van der Waals surface area contributed by atoms with E-state index in [4.69, 9.17) is 21.1 Å². The molecule has 0 aliphatic rings. The molecular formula is C18H26ClFN2O3. The molecule has 0 atom stereocenters. The molecule has 25 heavy (non-hydrogen) atoms. The normalized spacial score (nSPS) is 12.8. The molecule has 0 aromatic carbocycles. The van der Waals surface area contributed by atoms with Gasteiger partial charge in [-0.2, -0.15) is 4.39 Å². The average Bonchev–Trinajstić information content (AvgIpc) is 2.33. The first kappa shape index (κ1) is 21.2. The van der Waals surface area contributed by atoms with E-state index in [9.17, 15) is 9.18 Å². The summed E-state index contributed by atoms with van der Waals surface area (Å²) in [4.78, 5) is 15.7. The summed E-state index contributed by atoms with van der Waals surface area (Å²) in [5, 5.41) is 2.44. The Bertz CT molecular complexity index is 662. The summed E-state index contributed by atoms with van der Waals surface area (Å²) in [5.74, 6) is -0.551. The quantitative estimate of drug-likeness (QED) is 0.537. The first-order valence-corrected chi connectivity index (χ1v) is 8.46. The predicted octanol–water partition coefficient (Wildman–Crippen LogP) is 5.79. The number of nitrogens with one attached hydrogen (secondary N) is 1. The molecule has 1 heterocycles. The number of amides is 1. The molecule has 0 unspecified atom stereocenters. The van der Waals surface area contributed by atoms with Crippen LogP contribution in [0.3, 0.4) is 0 Å². The molecule has 0 radical (unpaired) electrons. The third-order valence-electron chi connectivity index (χ3n) is 2.63. The Labute approximate surface area is 153 Å². The summed E-state index contributed by atoms with van der Waals surface area (Å²) < 4.78 is 25.6. The molecule has 140 valence electrons. The van der Waals surface area contributed by atoms with E-state index in [1.165, 1.54) is 6.07 Å². The summed E-state index contributed by atoms with van der Waals surface area (Å²) in [5.41, 5.74) is -1.08. The molecule has 1 N–H and O–H groups in total. The van der Waals surface area contributed by atoms with Gasteiger partial charge in [0.25, 0.3) is 0 Å². The van der Waals surface area contributed by atoms with Crippen LogP contribution in [-0.2, 0) is 9.47 Å². The zero-order chi connectivity index (χ0) is 19.4. The first-order valence-electron chi connectivity index (χ1n) is 8.08. The lowest BCUT2D eigenvalue weighted by molar-refractivity contribution is 0.0636. The van der Waals surface area contributed by atoms with Crippen molar-refractivity contribution in [1.29, 1.82) is 0 Å². The number of pyridine rings is 1. The highest BCUT2D eigenvalue weighted by Gasteiger charge is 2.24. The van der Waals surface area contributed by atoms with Crippen molar-refractivity contribution in [1.82, 2.24) is 4.98 Å². The van der Waals surface area contributed by atoms with Crippen molar-refractivity contribution in [3.05, 3.63) is 28.8 Å². The van der Waals surface area contributed by atoms with Gasteiger partial charge in [0.15, 0.2) is 0 Å². The van der Waals surface area contributed by atoms with Crippen molar-refractivity contribution in [3.63, 3.8) is 0 Å². The number of anilines is 1. The Kier molecular flexibility index (Phi) is 6.82. The molecule has 0 fully saturated rings. The fourth-order valence-corrected chi connectivity index (χ4v) is 2.12. The van der Waals surface area contributed by atoms with Crippen LogP contribution >= 0.6 is 11.6 Å². The zero-order valence-electron chi connectivity index (χ0n) is 15.8. The lowest BCUT2D eigenvalue weighted by atomic mass is 10.1. The second-order valence-electron chi connectivity index (χ2n) is 7.48. The minimum atomic E-state index is -0.831. The minimum Gasteiger partial charge on any atom is -0.488 e. The van der Waals surface area contributed by atoms with E-state index in [1.807, 2.05) is 27.7 Å². The third-order valence-corrected chi connectivity index (χ3v) is 2.83. The lowest BCUT2D eigenvalue weighted by Gasteiger charge is -2.25. The summed E-state index contributed by atoms with van der Waals surface area (Å²) >= 11 is 5.85. The van der Waals surface area contributed by atoms with Crippen molar-refractivity contribution < 1.29 is 18.7 Å². The molecule has 0 aliphatic carbocycles. The van der Waals surface area contributed by atoms with Crippen molar-refractivity contribution in [2.24, 2.45) is 0 Å². The maximum Gasteiger partial charge on any atom is 0.412 e. The second-order valence-corrected chi connectivity index (χ2v) is 7.86. The van der Waals surface area contributed by atoms with E-state index in [-0.39, 0.29) is 22.2 Å². The van der Waals surface area contributed by atoms with Crippen LogP contribution in [0.2, 0.25) is 5.15 Å². The number of aromatic nitrogens is 1. The summed E-state index contributed by atoms with van der Waals surface area (Å²) in [6.07, 6.45) is 1.61. The SMILES string of the molecule is CC/C=C(\OC(C)(C)C)c1c(NC(=O)OC(C)(C)C)cc(Cl)nc1F. The summed E-state index contributed by atoms with van der Waals surface area (Å²) in [7, 11) is 0. The van der Waals surface area contributed by atoms with Gasteiger partial charge in [-0.1, -0.05) is 18.5 Å². The van der Waals surface area contributed by atoms with E-state index >= 15 is 0 Å². The number of carbonyl (C=O) groups excluding carboxylic acids is 1. The minimum absolute atomic E-state index is 0.0343. The van der Waals surface area contributed by atoms with Crippen LogP contribution < -0.4 is 5.32 Å². The predicted molar refractivity (Wildman–Crippen MR) is 98.2 cm³/mol. The molecular weight excluding hydrogens is 347 g/mol. The molecule has 1 rings (SSSR count). The molecule has 0 aliphatic heterocycles. The highest BCUT2D eigenvalue weighted by atomic mass is 35.5. The fraction of sp³-hybridized carbons (Fsp3) is 0.556. The molecule has 0 saturated heterocycles. The Hall–Kier alpha value is -1.82. The van der Waals surface area contributed by atoms with Crippen molar-refractivity contribution >= 4 is 29.1 Å². The van der Waals surface area contributed by atoms with Gasteiger partial charge >= 0.3 is 6.09 Å². The van der Waals surface area contributed by atoms with Crippen LogP contribution in [0.15, 0.2) is 12.1 Å². The van der Waals surface area contributed by atoms with Crippen molar-refractivity contribution in [2.45, 2.75) is 66.1 Å². The van der Waals surface area contributed by atoms with E-state index in [0.717, 1.165) is 0 Å². The van der Waals surface area contributed by atoms with Crippen LogP contribution in [0.4, 0.5) is 14.9 Å². The number of hydrogen-bond donors (Lipinski definition) is 1.